The summed E-state index contributed by atoms with van der Waals surface area (Å²) in [5, 5.41) is 9.74. The summed E-state index contributed by atoms with van der Waals surface area (Å²) >= 11 is 0. The highest BCUT2D eigenvalue weighted by atomic mass is 16.5. The topological polar surface area (TPSA) is 70.4 Å². The summed E-state index contributed by atoms with van der Waals surface area (Å²) in [6.07, 6.45) is -0.329. The molecular weight excluding hydrogens is 316 g/mol. The van der Waals surface area contributed by atoms with Gasteiger partial charge in [-0.05, 0) is 23.5 Å². The Bertz CT molecular complexity index is 815. The van der Waals surface area contributed by atoms with Crippen LogP contribution in [-0.4, -0.2) is 19.1 Å². The zero-order chi connectivity index (χ0) is 18.6. The Balaban J connectivity index is 2.31. The van der Waals surface area contributed by atoms with E-state index in [-0.39, 0.29) is 17.2 Å². The summed E-state index contributed by atoms with van der Waals surface area (Å²) in [7, 11) is 1.26. The molecular formula is C20H22N2O3. The van der Waals surface area contributed by atoms with E-state index in [1.807, 2.05) is 32.9 Å². The number of para-hydroxylation sites is 1. The monoisotopic (exact) mass is 338 g/mol. The van der Waals surface area contributed by atoms with E-state index in [0.717, 1.165) is 16.0 Å². The molecule has 25 heavy (non-hydrogen) atoms. The fraction of sp³-hybridized carbons (Fsp3) is 0.450. The van der Waals surface area contributed by atoms with Crippen molar-refractivity contribution in [3.63, 3.8) is 0 Å². The Kier molecular flexibility index (Phi) is 3.75. The van der Waals surface area contributed by atoms with Crippen molar-refractivity contribution in [1.82, 2.24) is 0 Å². The summed E-state index contributed by atoms with van der Waals surface area (Å²) < 4.78 is 4.84. The van der Waals surface area contributed by atoms with Crippen molar-refractivity contribution in [3.05, 3.63) is 42.0 Å². The first kappa shape index (κ1) is 17.2. The number of allylic oxidation sites excluding steroid dienone is 1. The standard InChI is InChI=1S/C20H22N2O3/c1-12-10-20(16(13(12)11-21)19(2,3)4)14-8-6-7-9-15(14)22(17(20)23)18(24)25-5/h6-9,13,16H,1,10H2,2-5H3/t13-,16+,20-/m1/s1. The third-order valence-electron chi connectivity index (χ3n) is 5.45. The quantitative estimate of drug-likeness (QED) is 0.675. The molecule has 5 heteroatoms. The largest absolute Gasteiger partial charge is 0.452 e. The Morgan fingerprint density at radius 2 is 2.04 bits per heavy atom. The van der Waals surface area contributed by atoms with Crippen molar-refractivity contribution in [2.24, 2.45) is 17.3 Å². The molecule has 0 N–H and O–H groups in total. The number of fused-ring (bicyclic) bond motifs is 2. The molecule has 2 amide bonds. The number of anilines is 1. The van der Waals surface area contributed by atoms with Crippen LogP contribution in [0.25, 0.3) is 0 Å². The predicted octanol–water partition coefficient (Wildman–Crippen LogP) is 3.80. The average Bonchev–Trinajstić information content (AvgIpc) is 3.00. The number of imide groups is 1. The first-order valence-electron chi connectivity index (χ1n) is 8.29. The number of carbonyl (C=O) groups excluding carboxylic acids is 2. The van der Waals surface area contributed by atoms with Gasteiger partial charge in [-0.3, -0.25) is 4.79 Å². The van der Waals surface area contributed by atoms with Gasteiger partial charge in [0.2, 0.25) is 5.91 Å². The van der Waals surface area contributed by atoms with E-state index < -0.39 is 17.4 Å². The molecule has 1 aliphatic carbocycles. The summed E-state index contributed by atoms with van der Waals surface area (Å²) in [4.78, 5) is 26.9. The van der Waals surface area contributed by atoms with Crippen LogP contribution in [0.5, 0.6) is 0 Å². The third kappa shape index (κ3) is 2.13. The van der Waals surface area contributed by atoms with Crippen molar-refractivity contribution >= 4 is 17.7 Å². The van der Waals surface area contributed by atoms with E-state index in [2.05, 4.69) is 12.6 Å². The minimum Gasteiger partial charge on any atom is -0.452 e. The van der Waals surface area contributed by atoms with E-state index >= 15 is 0 Å². The van der Waals surface area contributed by atoms with Crippen LogP contribution in [0.15, 0.2) is 36.4 Å². The van der Waals surface area contributed by atoms with Crippen molar-refractivity contribution in [3.8, 4) is 6.07 Å². The Labute approximate surface area is 147 Å². The molecule has 1 aliphatic heterocycles. The molecule has 0 bridgehead atoms. The number of benzene rings is 1. The molecule has 5 nitrogen and oxygen atoms in total. The number of ether oxygens (including phenoxy) is 1. The van der Waals surface area contributed by atoms with Gasteiger partial charge < -0.3 is 4.74 Å². The molecule has 1 spiro atoms. The lowest BCUT2D eigenvalue weighted by Crippen LogP contribution is -2.49. The molecule has 1 heterocycles. The fourth-order valence-electron chi connectivity index (χ4n) is 4.72. The van der Waals surface area contributed by atoms with Crippen LogP contribution < -0.4 is 4.90 Å². The maximum Gasteiger partial charge on any atom is 0.420 e. The smallest absolute Gasteiger partial charge is 0.420 e. The van der Waals surface area contributed by atoms with Crippen molar-refractivity contribution < 1.29 is 14.3 Å². The fourth-order valence-corrected chi connectivity index (χ4v) is 4.72. The SMILES string of the molecule is C=C1C[C@]2(C(=O)N(C(=O)OC)c3ccccc32)[C@H](C(C)(C)C)[C@@H]1C#N. The molecule has 1 fully saturated rings. The van der Waals surface area contributed by atoms with Gasteiger partial charge in [-0.25, -0.2) is 9.69 Å². The van der Waals surface area contributed by atoms with Crippen LogP contribution in [0.4, 0.5) is 10.5 Å². The van der Waals surface area contributed by atoms with Crippen molar-refractivity contribution in [2.45, 2.75) is 32.6 Å². The minimum atomic E-state index is -0.958. The van der Waals surface area contributed by atoms with Gasteiger partial charge in [0.1, 0.15) is 0 Å². The zero-order valence-electron chi connectivity index (χ0n) is 15.0. The number of rotatable bonds is 0. The molecule has 0 unspecified atom stereocenters. The molecule has 2 aliphatic rings. The normalized spacial score (nSPS) is 28.2. The molecule has 130 valence electrons. The summed E-state index contributed by atoms with van der Waals surface area (Å²) in [6, 6.07) is 9.62. The highest BCUT2D eigenvalue weighted by Gasteiger charge is 2.65. The maximum absolute atomic E-state index is 13.5. The Morgan fingerprint density at radius 1 is 1.40 bits per heavy atom. The molecule has 1 aromatic carbocycles. The summed E-state index contributed by atoms with van der Waals surface area (Å²) in [5.41, 5.74) is 0.788. The van der Waals surface area contributed by atoms with Crippen LogP contribution in [0.2, 0.25) is 0 Å². The van der Waals surface area contributed by atoms with E-state index in [4.69, 9.17) is 4.74 Å². The lowest BCUT2D eigenvalue weighted by Gasteiger charge is -2.40. The second kappa shape index (κ2) is 5.45. The molecule has 0 radical (unpaired) electrons. The third-order valence-corrected chi connectivity index (χ3v) is 5.45. The summed E-state index contributed by atoms with van der Waals surface area (Å²) in [6.45, 7) is 10.2. The Morgan fingerprint density at radius 3 is 2.60 bits per heavy atom. The second-order valence-electron chi connectivity index (χ2n) is 7.88. The number of carbonyl (C=O) groups is 2. The van der Waals surface area contributed by atoms with Crippen LogP contribution in [0.1, 0.15) is 32.8 Å². The van der Waals surface area contributed by atoms with Crippen LogP contribution in [0.3, 0.4) is 0 Å². The predicted molar refractivity (Wildman–Crippen MR) is 93.8 cm³/mol. The summed E-state index contributed by atoms with van der Waals surface area (Å²) in [5.74, 6) is -1.03. The molecule has 1 aromatic rings. The number of nitriles is 1. The van der Waals surface area contributed by atoms with E-state index in [1.165, 1.54) is 7.11 Å². The van der Waals surface area contributed by atoms with E-state index in [0.29, 0.717) is 12.1 Å². The van der Waals surface area contributed by atoms with Crippen LogP contribution in [-0.2, 0) is 14.9 Å². The van der Waals surface area contributed by atoms with Gasteiger partial charge in [-0.2, -0.15) is 5.26 Å². The van der Waals surface area contributed by atoms with Gasteiger partial charge in [-0.1, -0.05) is 51.1 Å². The molecule has 3 atom stereocenters. The second-order valence-corrected chi connectivity index (χ2v) is 7.88. The molecule has 0 aromatic heterocycles. The van der Waals surface area contributed by atoms with Crippen molar-refractivity contribution in [1.29, 1.82) is 5.26 Å². The van der Waals surface area contributed by atoms with Crippen molar-refractivity contribution in [2.75, 3.05) is 12.0 Å². The average molecular weight is 338 g/mol. The van der Waals surface area contributed by atoms with Crippen LogP contribution in [0, 0.1) is 28.6 Å². The minimum absolute atomic E-state index is 0.277. The van der Waals surface area contributed by atoms with Gasteiger partial charge in [0.15, 0.2) is 0 Å². The van der Waals surface area contributed by atoms with E-state index in [1.54, 1.807) is 12.1 Å². The molecule has 3 rings (SSSR count). The van der Waals surface area contributed by atoms with Gasteiger partial charge in [0.25, 0.3) is 0 Å². The van der Waals surface area contributed by atoms with Gasteiger partial charge in [0.05, 0.1) is 30.2 Å². The van der Waals surface area contributed by atoms with Gasteiger partial charge >= 0.3 is 6.09 Å². The zero-order valence-corrected chi connectivity index (χ0v) is 15.0. The van der Waals surface area contributed by atoms with Gasteiger partial charge in [-0.15, -0.1) is 0 Å². The molecule has 1 saturated carbocycles. The maximum atomic E-state index is 13.5. The first-order valence-corrected chi connectivity index (χ1v) is 8.29. The first-order chi connectivity index (χ1) is 11.7. The number of hydrogen-bond donors (Lipinski definition) is 0. The lowest BCUT2D eigenvalue weighted by atomic mass is 9.61. The highest BCUT2D eigenvalue weighted by molar-refractivity contribution is 6.21. The number of methoxy groups -OCH3 is 1. The number of nitrogens with zero attached hydrogens (tertiary/aromatic N) is 2. The molecule has 0 saturated heterocycles. The highest BCUT2D eigenvalue weighted by Crippen LogP contribution is 2.62. The Hall–Kier alpha value is -2.61. The van der Waals surface area contributed by atoms with Crippen LogP contribution >= 0.6 is 0 Å². The lowest BCUT2D eigenvalue weighted by molar-refractivity contribution is -0.125. The van der Waals surface area contributed by atoms with Gasteiger partial charge in [0, 0.05) is 5.92 Å². The van der Waals surface area contributed by atoms with E-state index in [9.17, 15) is 14.9 Å². The number of hydrogen-bond acceptors (Lipinski definition) is 4. The number of amides is 2.